The molecular formula is C40H46N4O3. The first-order valence-electron chi connectivity index (χ1n) is 18.7. The number of methoxy groups -OCH3 is 1. The number of nitrogens with zero attached hydrogens (tertiary/aromatic N) is 4. The molecule has 47 heavy (non-hydrogen) atoms. The van der Waals surface area contributed by atoms with Gasteiger partial charge in [-0.05, 0) is 75.1 Å². The lowest BCUT2D eigenvalue weighted by atomic mass is 9.50. The number of piperidine rings is 4. The molecule has 5 saturated heterocycles. The molecule has 2 saturated carbocycles. The van der Waals surface area contributed by atoms with E-state index in [0.717, 1.165) is 58.4 Å². The van der Waals surface area contributed by atoms with Crippen LogP contribution in [0.1, 0.15) is 75.5 Å². The van der Waals surface area contributed by atoms with Crippen molar-refractivity contribution in [3.63, 3.8) is 0 Å². The second-order valence-electron chi connectivity index (χ2n) is 17.4. The number of benzene rings is 2. The van der Waals surface area contributed by atoms with Gasteiger partial charge < -0.3 is 24.4 Å². The first-order chi connectivity index (χ1) is 22.8. The summed E-state index contributed by atoms with van der Waals surface area (Å²) in [5.41, 5.74) is 8.00. The Morgan fingerprint density at radius 1 is 1.02 bits per heavy atom. The smallest absolute Gasteiger partial charge is 0.329 e. The first kappa shape index (κ1) is 27.0. The molecule has 4 spiro atoms. The van der Waals surface area contributed by atoms with Gasteiger partial charge in [-0.1, -0.05) is 55.0 Å². The summed E-state index contributed by atoms with van der Waals surface area (Å²) in [6, 6.07) is 16.6. The second-order valence-corrected chi connectivity index (χ2v) is 17.4. The minimum atomic E-state index is -0.370. The molecule has 7 fully saturated rings. The Labute approximate surface area is 277 Å². The predicted octanol–water partition coefficient (Wildman–Crippen LogP) is 5.36. The molecule has 0 N–H and O–H groups in total. The zero-order chi connectivity index (χ0) is 31.5. The summed E-state index contributed by atoms with van der Waals surface area (Å²) < 4.78 is 5.80. The fourth-order valence-corrected chi connectivity index (χ4v) is 16.4. The third-order valence-electron chi connectivity index (χ3n) is 17.3. The van der Waals surface area contributed by atoms with E-state index in [-0.39, 0.29) is 55.9 Å². The van der Waals surface area contributed by atoms with E-state index in [0.29, 0.717) is 12.0 Å². The van der Waals surface area contributed by atoms with E-state index in [2.05, 4.69) is 77.1 Å². The molecule has 10 aliphatic rings. The van der Waals surface area contributed by atoms with E-state index in [4.69, 9.17) is 4.74 Å². The number of quaternary nitrogens is 1. The van der Waals surface area contributed by atoms with Gasteiger partial charge in [-0.25, -0.2) is 4.79 Å². The van der Waals surface area contributed by atoms with Crippen molar-refractivity contribution in [2.24, 2.45) is 17.3 Å². The molecule has 0 radical (unpaired) electrons. The van der Waals surface area contributed by atoms with Crippen LogP contribution in [0.25, 0.3) is 0 Å². The summed E-state index contributed by atoms with van der Waals surface area (Å²) in [4.78, 5) is 22.7. The molecular weight excluding hydrogens is 584 g/mol. The van der Waals surface area contributed by atoms with E-state index in [1.54, 1.807) is 7.11 Å². The Morgan fingerprint density at radius 3 is 2.70 bits per heavy atom. The largest absolute Gasteiger partial charge is 0.633 e. The van der Waals surface area contributed by atoms with Crippen LogP contribution >= 0.6 is 0 Å². The molecule has 8 aliphatic heterocycles. The van der Waals surface area contributed by atoms with Gasteiger partial charge in [0.1, 0.15) is 12.1 Å². The Balaban J connectivity index is 1.20. The van der Waals surface area contributed by atoms with E-state index < -0.39 is 0 Å². The van der Waals surface area contributed by atoms with Gasteiger partial charge in [-0.15, -0.1) is 0 Å². The zero-order valence-corrected chi connectivity index (χ0v) is 28.0. The molecule has 2 aromatic carbocycles. The Morgan fingerprint density at radius 2 is 1.85 bits per heavy atom. The maximum absolute atomic E-state index is 15.0. The highest BCUT2D eigenvalue weighted by Crippen LogP contribution is 2.84. The third-order valence-corrected chi connectivity index (χ3v) is 17.3. The summed E-state index contributed by atoms with van der Waals surface area (Å²) in [6.45, 7) is 9.30. The number of rotatable bonds is 1. The number of anilines is 2. The molecule has 12 rings (SSSR count). The zero-order valence-electron chi connectivity index (χ0n) is 28.0. The average Bonchev–Trinajstić information content (AvgIpc) is 3.80. The number of carbonyl (C=O) groups is 1. The number of esters is 1. The monoisotopic (exact) mass is 630 g/mol. The van der Waals surface area contributed by atoms with Crippen LogP contribution < -0.4 is 9.80 Å². The molecule has 2 aliphatic carbocycles. The Hall–Kier alpha value is -2.87. The molecule has 2 aromatic rings. The number of allylic oxidation sites excluding steroid dienone is 1. The van der Waals surface area contributed by atoms with Crippen LogP contribution in [0.4, 0.5) is 11.4 Å². The number of carbonyl (C=O) groups excluding carboxylic acids is 1. The van der Waals surface area contributed by atoms with Gasteiger partial charge in [0.2, 0.25) is 0 Å². The number of hydrogen-bond acceptors (Lipinski definition) is 6. The number of para-hydroxylation sites is 2. The van der Waals surface area contributed by atoms with Crippen molar-refractivity contribution in [3.8, 4) is 0 Å². The third kappa shape index (κ3) is 2.27. The normalized spacial score (nSPS) is 50.6. The maximum Gasteiger partial charge on any atom is 0.329 e. The number of hydrogen-bond donors (Lipinski definition) is 0. The van der Waals surface area contributed by atoms with E-state index >= 15 is 5.21 Å². The molecule has 0 aromatic heterocycles. The molecule has 11 atom stereocenters. The van der Waals surface area contributed by atoms with Gasteiger partial charge >= 0.3 is 5.97 Å². The molecule has 244 valence electrons. The summed E-state index contributed by atoms with van der Waals surface area (Å²) in [5, 5.41) is 15.0. The standard InChI is InChI=1S/C40H46N4O3/c1-4-25-22-41-18-16-37-23-42-33-28(38-17-20-44(46)19-8-13-36(35(38)44)14-15-39(38,42)24(36)2)10-7-11-29(33)40(37)31(41)21-26(25)32(34(45)47-3)43(40)30-12-6-5-9-27(30)37/h4-7,9-12,24,26,31-32,35H,8,13-23H2,1-3H3/b25-4-/t24?,26-,31-,32-,35-,36-,37-,38+,39+,40+,44?/m0/s1. The lowest BCUT2D eigenvalue weighted by molar-refractivity contribution is -0.908. The lowest BCUT2D eigenvalue weighted by Crippen LogP contribution is -2.81. The van der Waals surface area contributed by atoms with Crippen molar-refractivity contribution >= 4 is 17.3 Å². The van der Waals surface area contributed by atoms with Crippen molar-refractivity contribution in [3.05, 3.63) is 76.0 Å². The molecule has 0 amide bonds. The molecule has 7 nitrogen and oxygen atoms in total. The van der Waals surface area contributed by atoms with Crippen LogP contribution in [0.3, 0.4) is 0 Å². The van der Waals surface area contributed by atoms with Gasteiger partial charge in [-0.3, -0.25) is 4.90 Å². The van der Waals surface area contributed by atoms with Crippen molar-refractivity contribution in [2.75, 3.05) is 49.6 Å². The highest BCUT2D eigenvalue weighted by Gasteiger charge is 2.89. The topological polar surface area (TPSA) is 59.1 Å². The number of hydroxylamine groups is 3. The van der Waals surface area contributed by atoms with Crippen molar-refractivity contribution in [1.29, 1.82) is 0 Å². The lowest BCUT2D eigenvalue weighted by Gasteiger charge is -2.71. The minimum absolute atomic E-state index is 0.00958. The van der Waals surface area contributed by atoms with Crippen LogP contribution in [0.5, 0.6) is 0 Å². The van der Waals surface area contributed by atoms with E-state index in [9.17, 15) is 4.79 Å². The number of fused-ring (bicyclic) bond motifs is 3. The van der Waals surface area contributed by atoms with Crippen LogP contribution in [-0.2, 0) is 25.9 Å². The molecule has 8 heterocycles. The summed E-state index contributed by atoms with van der Waals surface area (Å²) in [7, 11) is 1.58. The van der Waals surface area contributed by atoms with Gasteiger partial charge in [-0.2, -0.15) is 0 Å². The van der Waals surface area contributed by atoms with Gasteiger partial charge in [0.15, 0.2) is 0 Å². The first-order valence-corrected chi connectivity index (χ1v) is 18.7. The fourth-order valence-electron chi connectivity index (χ4n) is 16.4. The quantitative estimate of drug-likeness (QED) is 0.183. The van der Waals surface area contributed by atoms with Crippen molar-refractivity contribution in [2.45, 2.75) is 98.8 Å². The predicted molar refractivity (Wildman–Crippen MR) is 180 cm³/mol. The van der Waals surface area contributed by atoms with Gasteiger partial charge in [0.05, 0.1) is 36.7 Å². The Kier molecular flexibility index (Phi) is 4.48. The summed E-state index contributed by atoms with van der Waals surface area (Å²) in [5.74, 6) is 0.533. The van der Waals surface area contributed by atoms with Gasteiger partial charge in [0.25, 0.3) is 0 Å². The minimum Gasteiger partial charge on any atom is -0.633 e. The van der Waals surface area contributed by atoms with Crippen molar-refractivity contribution in [1.82, 2.24) is 4.90 Å². The molecule has 4 bridgehead atoms. The molecule has 2 unspecified atom stereocenters. The second kappa shape index (κ2) is 7.79. The molecule has 7 heteroatoms. The van der Waals surface area contributed by atoms with Crippen LogP contribution in [-0.4, -0.2) is 79.0 Å². The van der Waals surface area contributed by atoms with E-state index in [1.807, 2.05) is 0 Å². The maximum atomic E-state index is 15.0. The van der Waals surface area contributed by atoms with Gasteiger partial charge in [0, 0.05) is 59.2 Å². The average molecular weight is 631 g/mol. The summed E-state index contributed by atoms with van der Waals surface area (Å²) in [6.07, 6.45) is 10.1. The highest BCUT2D eigenvalue weighted by atomic mass is 16.6. The van der Waals surface area contributed by atoms with Crippen LogP contribution in [0.2, 0.25) is 0 Å². The van der Waals surface area contributed by atoms with E-state index in [1.165, 1.54) is 52.9 Å². The number of ether oxygens (including phenoxy) is 1. The van der Waals surface area contributed by atoms with Crippen LogP contribution in [0.15, 0.2) is 54.1 Å². The highest BCUT2D eigenvalue weighted by molar-refractivity contribution is 5.90. The Bertz CT molecular complexity index is 1880. The fraction of sp³-hybridized carbons (Fsp3) is 0.625. The van der Waals surface area contributed by atoms with Crippen LogP contribution in [0, 0.1) is 22.5 Å². The summed E-state index contributed by atoms with van der Waals surface area (Å²) >= 11 is 0. The SMILES string of the molecule is C/C=C1/CN2CC[C@@]34CN5c6c(cccc6[C@@]67CC[N+]8([O-])CCC[C@@]9(CC[C@]56C9C)[C@@H]78)[C@@]35[C@@H]2C[C@@H]1[C@@H](C(=O)OC)N5c1ccccc14. The van der Waals surface area contributed by atoms with Crippen molar-refractivity contribution < 1.29 is 14.2 Å².